The minimum Gasteiger partial charge on any atom is -0.507 e. The molecule has 2 atom stereocenters. The fraction of sp³-hybridized carbons (Fsp3) is 0.370. The molecule has 2 saturated heterocycles. The van der Waals surface area contributed by atoms with E-state index in [1.165, 1.54) is 48.2 Å². The second kappa shape index (κ2) is 9.33. The van der Waals surface area contributed by atoms with Crippen molar-refractivity contribution < 1.29 is 32.6 Å². The number of carbonyl (C=O) groups is 3. The van der Waals surface area contributed by atoms with Crippen LogP contribution in [0.15, 0.2) is 59.0 Å². The Morgan fingerprint density at radius 1 is 1.13 bits per heavy atom. The Hall–Kier alpha value is -3.54. The summed E-state index contributed by atoms with van der Waals surface area (Å²) in [7, 11) is -1.10. The summed E-state index contributed by atoms with van der Waals surface area (Å²) in [5.41, 5.74) is -1.35. The molecule has 0 bridgehead atoms. The normalized spacial score (nSPS) is 24.7. The van der Waals surface area contributed by atoms with Gasteiger partial charge in [0.1, 0.15) is 5.76 Å². The SMILES string of the molecule is CCN1C(=O)C2(/C(=C(/O)c3cccc(S(=O)(=O)N(C)C)c3)C(=O)C(=O)N2CC2CCCO2)c2ccccc21. The van der Waals surface area contributed by atoms with Crippen LogP contribution in [-0.4, -0.2) is 80.2 Å². The molecule has 5 rings (SSSR count). The van der Waals surface area contributed by atoms with Crippen LogP contribution in [0.3, 0.4) is 0 Å². The maximum atomic E-state index is 14.2. The Labute approximate surface area is 221 Å². The first-order chi connectivity index (χ1) is 18.1. The summed E-state index contributed by atoms with van der Waals surface area (Å²) in [6.07, 6.45) is 1.09. The molecule has 3 aliphatic rings. The number of sulfonamides is 1. The minimum absolute atomic E-state index is 0.00245. The summed E-state index contributed by atoms with van der Waals surface area (Å²) >= 11 is 0. The van der Waals surface area contributed by atoms with E-state index in [2.05, 4.69) is 0 Å². The Kier molecular flexibility index (Phi) is 6.41. The number of aliphatic hydroxyl groups is 1. The highest BCUT2D eigenvalue weighted by atomic mass is 32.2. The van der Waals surface area contributed by atoms with Gasteiger partial charge < -0.3 is 19.6 Å². The molecule has 0 aliphatic carbocycles. The number of Topliss-reactive ketones (excluding diaryl/α,β-unsaturated/α-hetero) is 1. The zero-order valence-corrected chi connectivity index (χ0v) is 22.2. The van der Waals surface area contributed by atoms with Crippen molar-refractivity contribution in [2.75, 3.05) is 38.7 Å². The van der Waals surface area contributed by atoms with Gasteiger partial charge in [-0.05, 0) is 38.0 Å². The van der Waals surface area contributed by atoms with E-state index in [1.807, 2.05) is 0 Å². The van der Waals surface area contributed by atoms with Crippen molar-refractivity contribution in [3.05, 3.63) is 65.2 Å². The summed E-state index contributed by atoms with van der Waals surface area (Å²) in [5, 5.41) is 11.6. The van der Waals surface area contributed by atoms with E-state index in [9.17, 15) is 27.9 Å². The molecule has 0 saturated carbocycles. The van der Waals surface area contributed by atoms with Crippen LogP contribution in [0.5, 0.6) is 0 Å². The molecule has 2 amide bonds. The first-order valence-corrected chi connectivity index (χ1v) is 13.9. The van der Waals surface area contributed by atoms with Gasteiger partial charge >= 0.3 is 0 Å². The average molecular weight is 540 g/mol. The fourth-order valence-corrected chi connectivity index (χ4v) is 6.53. The third-order valence-electron chi connectivity index (χ3n) is 7.42. The molecular formula is C27H29N3O7S. The highest BCUT2D eigenvalue weighted by molar-refractivity contribution is 7.89. The van der Waals surface area contributed by atoms with Crippen molar-refractivity contribution in [3.8, 4) is 0 Å². The van der Waals surface area contributed by atoms with Gasteiger partial charge in [-0.1, -0.05) is 30.3 Å². The second-order valence-corrected chi connectivity index (χ2v) is 11.8. The summed E-state index contributed by atoms with van der Waals surface area (Å²) in [4.78, 5) is 44.1. The van der Waals surface area contributed by atoms with E-state index in [0.717, 1.165) is 10.7 Å². The smallest absolute Gasteiger partial charge is 0.296 e. The lowest BCUT2D eigenvalue weighted by molar-refractivity contribution is -0.145. The number of rotatable bonds is 6. The molecule has 11 heteroatoms. The maximum absolute atomic E-state index is 14.2. The topological polar surface area (TPSA) is 125 Å². The lowest BCUT2D eigenvalue weighted by Crippen LogP contribution is -2.53. The van der Waals surface area contributed by atoms with Crippen molar-refractivity contribution >= 4 is 39.1 Å². The van der Waals surface area contributed by atoms with Crippen LogP contribution < -0.4 is 4.90 Å². The number of hydrogen-bond donors (Lipinski definition) is 1. The molecule has 2 aromatic carbocycles. The standard InChI is InChI=1S/C27H29N3O7S/c1-4-29-21-13-6-5-12-20(21)27(26(29)34)22(24(32)25(33)30(27)16-18-10-8-14-37-18)23(31)17-9-7-11-19(15-17)38(35,36)28(2)3/h5-7,9,11-13,15,18,31H,4,8,10,14,16H2,1-3H3/b23-22+. The molecule has 0 radical (unpaired) electrons. The molecular weight excluding hydrogens is 510 g/mol. The summed E-state index contributed by atoms with van der Waals surface area (Å²) < 4.78 is 32.3. The predicted octanol–water partition coefficient (Wildman–Crippen LogP) is 2.06. The molecule has 2 fully saturated rings. The number of carbonyl (C=O) groups excluding carboxylic acids is 3. The third kappa shape index (κ3) is 3.60. The largest absolute Gasteiger partial charge is 0.507 e. The molecule has 2 aromatic rings. The van der Waals surface area contributed by atoms with Gasteiger partial charge in [-0.15, -0.1) is 0 Å². The number of para-hydroxylation sites is 1. The van der Waals surface area contributed by atoms with Gasteiger partial charge in [0.05, 0.1) is 22.3 Å². The van der Waals surface area contributed by atoms with Crippen LogP contribution in [-0.2, 0) is 34.7 Å². The second-order valence-electron chi connectivity index (χ2n) is 9.70. The third-order valence-corrected chi connectivity index (χ3v) is 9.23. The number of hydrogen-bond acceptors (Lipinski definition) is 7. The molecule has 3 aliphatic heterocycles. The molecule has 38 heavy (non-hydrogen) atoms. The van der Waals surface area contributed by atoms with E-state index >= 15 is 0 Å². The molecule has 0 aromatic heterocycles. The highest BCUT2D eigenvalue weighted by Gasteiger charge is 2.67. The van der Waals surface area contributed by atoms with Crippen molar-refractivity contribution in [2.24, 2.45) is 0 Å². The van der Waals surface area contributed by atoms with Crippen molar-refractivity contribution in [3.63, 3.8) is 0 Å². The monoisotopic (exact) mass is 539 g/mol. The van der Waals surface area contributed by atoms with Crippen LogP contribution in [0.4, 0.5) is 5.69 Å². The number of anilines is 1. The number of nitrogens with zero attached hydrogens (tertiary/aromatic N) is 3. The Morgan fingerprint density at radius 3 is 2.53 bits per heavy atom. The van der Waals surface area contributed by atoms with E-state index < -0.39 is 38.9 Å². The van der Waals surface area contributed by atoms with Gasteiger partial charge in [-0.2, -0.15) is 0 Å². The van der Waals surface area contributed by atoms with Crippen molar-refractivity contribution in [1.82, 2.24) is 9.21 Å². The quantitative estimate of drug-likeness (QED) is 0.339. The van der Waals surface area contributed by atoms with Gasteiger partial charge in [0.25, 0.3) is 17.6 Å². The minimum atomic E-state index is -3.86. The average Bonchev–Trinajstić information content (AvgIpc) is 3.57. The number of amides is 2. The van der Waals surface area contributed by atoms with Crippen LogP contribution in [0.25, 0.3) is 5.76 Å². The van der Waals surface area contributed by atoms with E-state index in [4.69, 9.17) is 4.74 Å². The molecule has 2 unspecified atom stereocenters. The Bertz CT molecular complexity index is 1480. The maximum Gasteiger partial charge on any atom is 0.296 e. The van der Waals surface area contributed by atoms with Crippen LogP contribution in [0, 0.1) is 0 Å². The molecule has 3 heterocycles. The number of ether oxygens (including phenoxy) is 1. The van der Waals surface area contributed by atoms with E-state index in [1.54, 1.807) is 31.2 Å². The first kappa shape index (κ1) is 26.1. The van der Waals surface area contributed by atoms with Gasteiger partial charge in [-0.25, -0.2) is 12.7 Å². The summed E-state index contributed by atoms with van der Waals surface area (Å²) in [6.45, 7) is 2.57. The zero-order valence-electron chi connectivity index (χ0n) is 21.4. The lowest BCUT2D eigenvalue weighted by atomic mass is 9.81. The number of fused-ring (bicyclic) bond motifs is 2. The lowest BCUT2D eigenvalue weighted by Gasteiger charge is -2.35. The van der Waals surface area contributed by atoms with E-state index in [-0.39, 0.29) is 35.2 Å². The van der Waals surface area contributed by atoms with Crippen LogP contribution >= 0.6 is 0 Å². The first-order valence-electron chi connectivity index (χ1n) is 12.4. The zero-order chi connectivity index (χ0) is 27.4. The van der Waals surface area contributed by atoms with E-state index in [0.29, 0.717) is 24.3 Å². The number of aliphatic hydroxyl groups excluding tert-OH is 1. The summed E-state index contributed by atoms with van der Waals surface area (Å²) in [5.74, 6) is -3.07. The van der Waals surface area contributed by atoms with Gasteiger partial charge in [0.15, 0.2) is 5.54 Å². The number of benzene rings is 2. The van der Waals surface area contributed by atoms with Crippen molar-refractivity contribution in [1.29, 1.82) is 0 Å². The number of ketones is 1. The Morgan fingerprint density at radius 2 is 1.87 bits per heavy atom. The summed E-state index contributed by atoms with van der Waals surface area (Å²) in [6, 6.07) is 12.4. The molecule has 10 nitrogen and oxygen atoms in total. The van der Waals surface area contributed by atoms with Crippen molar-refractivity contribution in [2.45, 2.75) is 36.3 Å². The van der Waals surface area contributed by atoms with Gasteiger partial charge in [0.2, 0.25) is 10.0 Å². The molecule has 200 valence electrons. The van der Waals surface area contributed by atoms with Gasteiger partial charge in [0, 0.05) is 44.9 Å². The number of likely N-dealkylation sites (tertiary alicyclic amines) is 1. The van der Waals surface area contributed by atoms with Crippen LogP contribution in [0.1, 0.15) is 30.9 Å². The molecule has 1 spiro atoms. The molecule has 1 N–H and O–H groups in total. The Balaban J connectivity index is 1.79. The van der Waals surface area contributed by atoms with Crippen LogP contribution in [0.2, 0.25) is 0 Å². The predicted molar refractivity (Wildman–Crippen MR) is 139 cm³/mol. The van der Waals surface area contributed by atoms with Gasteiger partial charge in [-0.3, -0.25) is 14.4 Å². The highest BCUT2D eigenvalue weighted by Crippen LogP contribution is 2.53. The number of likely N-dealkylation sites (N-methyl/N-ethyl adjacent to an activating group) is 1. The fourth-order valence-electron chi connectivity index (χ4n) is 5.58.